The third-order valence-corrected chi connectivity index (χ3v) is 4.20. The molecule has 0 aromatic carbocycles. The van der Waals surface area contributed by atoms with Gasteiger partial charge in [-0.05, 0) is 39.8 Å². The molecule has 0 spiro atoms. The number of rotatable bonds is 6. The largest absolute Gasteiger partial charge is 0.469 e. The Balaban J connectivity index is 1.74. The standard InChI is InChI=1S/C15H26N2O/c1-12(10-16-15-6-4-5-7-15)17(3)11-14-8-9-18-13(14)2/h8-9,12,15-16H,4-7,10-11H2,1-3H3. The second-order valence-electron chi connectivity index (χ2n) is 5.66. The number of furan rings is 1. The number of hydrogen-bond donors (Lipinski definition) is 1. The summed E-state index contributed by atoms with van der Waals surface area (Å²) in [6.45, 7) is 6.37. The Hall–Kier alpha value is -0.800. The Morgan fingerprint density at radius 2 is 2.17 bits per heavy atom. The fourth-order valence-electron chi connectivity index (χ4n) is 2.62. The molecule has 102 valence electrons. The van der Waals surface area contributed by atoms with Gasteiger partial charge in [0.15, 0.2) is 0 Å². The molecular weight excluding hydrogens is 224 g/mol. The Morgan fingerprint density at radius 1 is 1.44 bits per heavy atom. The van der Waals surface area contributed by atoms with Crippen molar-refractivity contribution in [2.24, 2.45) is 0 Å². The van der Waals surface area contributed by atoms with E-state index in [2.05, 4.69) is 30.3 Å². The zero-order valence-electron chi connectivity index (χ0n) is 11.9. The highest BCUT2D eigenvalue weighted by Gasteiger charge is 2.17. The molecule has 1 atom stereocenters. The van der Waals surface area contributed by atoms with E-state index in [1.165, 1.54) is 31.2 Å². The number of nitrogens with one attached hydrogen (secondary N) is 1. The van der Waals surface area contributed by atoms with Gasteiger partial charge in [-0.1, -0.05) is 12.8 Å². The average molecular weight is 250 g/mol. The summed E-state index contributed by atoms with van der Waals surface area (Å²) in [5.41, 5.74) is 1.30. The van der Waals surface area contributed by atoms with Gasteiger partial charge in [-0.15, -0.1) is 0 Å². The quantitative estimate of drug-likeness (QED) is 0.841. The van der Waals surface area contributed by atoms with Gasteiger partial charge in [0.2, 0.25) is 0 Å². The zero-order chi connectivity index (χ0) is 13.0. The summed E-state index contributed by atoms with van der Waals surface area (Å²) < 4.78 is 5.34. The monoisotopic (exact) mass is 250 g/mol. The van der Waals surface area contributed by atoms with Crippen LogP contribution >= 0.6 is 0 Å². The van der Waals surface area contributed by atoms with E-state index in [4.69, 9.17) is 4.42 Å². The van der Waals surface area contributed by atoms with Gasteiger partial charge < -0.3 is 9.73 Å². The van der Waals surface area contributed by atoms with Crippen LogP contribution in [-0.2, 0) is 6.54 Å². The van der Waals surface area contributed by atoms with E-state index in [-0.39, 0.29) is 0 Å². The van der Waals surface area contributed by atoms with Gasteiger partial charge in [-0.2, -0.15) is 0 Å². The van der Waals surface area contributed by atoms with Crippen molar-refractivity contribution >= 4 is 0 Å². The Kier molecular flexibility index (Phi) is 4.84. The lowest BCUT2D eigenvalue weighted by molar-refractivity contribution is 0.236. The summed E-state index contributed by atoms with van der Waals surface area (Å²) in [6, 6.07) is 3.39. The second kappa shape index (κ2) is 6.39. The summed E-state index contributed by atoms with van der Waals surface area (Å²) in [6.07, 6.45) is 7.29. The molecule has 2 rings (SSSR count). The number of nitrogens with zero attached hydrogens (tertiary/aromatic N) is 1. The van der Waals surface area contributed by atoms with Gasteiger partial charge in [0.1, 0.15) is 5.76 Å². The summed E-state index contributed by atoms with van der Waals surface area (Å²) in [5.74, 6) is 1.04. The van der Waals surface area contributed by atoms with Crippen molar-refractivity contribution in [3.63, 3.8) is 0 Å². The zero-order valence-corrected chi connectivity index (χ0v) is 11.9. The van der Waals surface area contributed by atoms with E-state index in [1.807, 2.05) is 6.92 Å². The van der Waals surface area contributed by atoms with Crippen molar-refractivity contribution in [3.8, 4) is 0 Å². The minimum atomic E-state index is 0.555. The maximum Gasteiger partial charge on any atom is 0.105 e. The molecule has 1 fully saturated rings. The Bertz CT molecular complexity index is 355. The van der Waals surface area contributed by atoms with Crippen LogP contribution in [0, 0.1) is 6.92 Å². The molecule has 1 N–H and O–H groups in total. The lowest BCUT2D eigenvalue weighted by atomic mass is 10.2. The van der Waals surface area contributed by atoms with E-state index in [1.54, 1.807) is 6.26 Å². The van der Waals surface area contributed by atoms with Crippen LogP contribution in [-0.4, -0.2) is 30.6 Å². The predicted molar refractivity (Wildman–Crippen MR) is 74.6 cm³/mol. The lowest BCUT2D eigenvalue weighted by Gasteiger charge is -2.26. The molecule has 1 aliphatic rings. The van der Waals surface area contributed by atoms with Crippen molar-refractivity contribution in [1.29, 1.82) is 0 Å². The van der Waals surface area contributed by atoms with Gasteiger partial charge in [0.05, 0.1) is 6.26 Å². The molecule has 0 aliphatic heterocycles. The Labute approximate surface area is 111 Å². The lowest BCUT2D eigenvalue weighted by Crippen LogP contribution is -2.40. The molecule has 1 aromatic rings. The first-order valence-electron chi connectivity index (χ1n) is 7.13. The molecule has 1 aromatic heterocycles. The molecule has 1 unspecified atom stereocenters. The minimum absolute atomic E-state index is 0.555. The maximum absolute atomic E-state index is 5.34. The van der Waals surface area contributed by atoms with Crippen molar-refractivity contribution in [3.05, 3.63) is 23.7 Å². The van der Waals surface area contributed by atoms with Crippen LogP contribution in [0.1, 0.15) is 43.9 Å². The fraction of sp³-hybridized carbons (Fsp3) is 0.733. The van der Waals surface area contributed by atoms with Gasteiger partial charge in [0.25, 0.3) is 0 Å². The van der Waals surface area contributed by atoms with Gasteiger partial charge in [-0.3, -0.25) is 4.90 Å². The molecule has 0 radical (unpaired) electrons. The first-order valence-corrected chi connectivity index (χ1v) is 7.13. The average Bonchev–Trinajstić information content (AvgIpc) is 2.99. The summed E-state index contributed by atoms with van der Waals surface area (Å²) >= 11 is 0. The second-order valence-corrected chi connectivity index (χ2v) is 5.66. The summed E-state index contributed by atoms with van der Waals surface area (Å²) in [7, 11) is 2.19. The highest BCUT2D eigenvalue weighted by atomic mass is 16.3. The highest BCUT2D eigenvalue weighted by Crippen LogP contribution is 2.18. The normalized spacial score (nSPS) is 18.7. The number of likely N-dealkylation sites (N-methyl/N-ethyl adjacent to an activating group) is 1. The molecule has 3 heteroatoms. The molecule has 3 nitrogen and oxygen atoms in total. The molecule has 0 amide bonds. The smallest absolute Gasteiger partial charge is 0.105 e. The van der Waals surface area contributed by atoms with Crippen molar-refractivity contribution in [2.75, 3.05) is 13.6 Å². The van der Waals surface area contributed by atoms with Crippen LogP contribution in [0.5, 0.6) is 0 Å². The van der Waals surface area contributed by atoms with Crippen LogP contribution < -0.4 is 5.32 Å². The molecule has 1 saturated carbocycles. The molecule has 1 heterocycles. The SMILES string of the molecule is Cc1occc1CN(C)C(C)CNC1CCCC1. The maximum atomic E-state index is 5.34. The third kappa shape index (κ3) is 3.59. The highest BCUT2D eigenvalue weighted by molar-refractivity contribution is 5.15. The molecule has 18 heavy (non-hydrogen) atoms. The molecule has 0 bridgehead atoms. The van der Waals surface area contributed by atoms with Crippen LogP contribution in [0.25, 0.3) is 0 Å². The van der Waals surface area contributed by atoms with E-state index in [0.29, 0.717) is 6.04 Å². The minimum Gasteiger partial charge on any atom is -0.469 e. The first-order chi connectivity index (χ1) is 8.66. The van der Waals surface area contributed by atoms with Gasteiger partial charge in [-0.25, -0.2) is 0 Å². The third-order valence-electron chi connectivity index (χ3n) is 4.20. The Morgan fingerprint density at radius 3 is 2.78 bits per heavy atom. The summed E-state index contributed by atoms with van der Waals surface area (Å²) in [4.78, 5) is 2.39. The van der Waals surface area contributed by atoms with Crippen LogP contribution in [0.15, 0.2) is 16.7 Å². The van der Waals surface area contributed by atoms with Crippen LogP contribution in [0.3, 0.4) is 0 Å². The van der Waals surface area contributed by atoms with Crippen molar-refractivity contribution in [1.82, 2.24) is 10.2 Å². The molecule has 1 aliphatic carbocycles. The first kappa shape index (κ1) is 13.6. The topological polar surface area (TPSA) is 28.4 Å². The van der Waals surface area contributed by atoms with Crippen LogP contribution in [0.4, 0.5) is 0 Å². The van der Waals surface area contributed by atoms with E-state index in [0.717, 1.165) is 24.9 Å². The fourth-order valence-corrected chi connectivity index (χ4v) is 2.62. The van der Waals surface area contributed by atoms with E-state index in [9.17, 15) is 0 Å². The van der Waals surface area contributed by atoms with Crippen molar-refractivity contribution < 1.29 is 4.42 Å². The van der Waals surface area contributed by atoms with E-state index < -0.39 is 0 Å². The van der Waals surface area contributed by atoms with E-state index >= 15 is 0 Å². The van der Waals surface area contributed by atoms with Gasteiger partial charge in [0, 0.05) is 30.7 Å². The number of aryl methyl sites for hydroxylation is 1. The molecular formula is C15H26N2O. The van der Waals surface area contributed by atoms with Gasteiger partial charge >= 0.3 is 0 Å². The van der Waals surface area contributed by atoms with Crippen molar-refractivity contribution in [2.45, 2.75) is 58.2 Å². The van der Waals surface area contributed by atoms with Crippen LogP contribution in [0.2, 0.25) is 0 Å². The number of hydrogen-bond acceptors (Lipinski definition) is 3. The molecule has 0 saturated heterocycles. The predicted octanol–water partition coefficient (Wildman–Crippen LogP) is 2.94. The summed E-state index contributed by atoms with van der Waals surface area (Å²) in [5, 5.41) is 3.69.